The Bertz CT molecular complexity index is 1690. The third kappa shape index (κ3) is 6.32. The Balaban J connectivity index is 1.34. The number of aryl methyl sites for hydroxylation is 1. The lowest BCUT2D eigenvalue weighted by atomic mass is 9.54. The summed E-state index contributed by atoms with van der Waals surface area (Å²) < 4.78 is 21.9. The number of likely N-dealkylation sites (N-methyl/N-ethyl adjacent to an activating group) is 1. The summed E-state index contributed by atoms with van der Waals surface area (Å²) in [7, 11) is 1.88. The molecular formula is C34H37NO14. The molecule has 0 unspecified atom stereocenters. The molecule has 15 nitrogen and oxygen atoms in total. The highest BCUT2D eigenvalue weighted by atomic mass is 16.6. The van der Waals surface area contributed by atoms with E-state index in [1.54, 1.807) is 12.1 Å². The summed E-state index contributed by atoms with van der Waals surface area (Å²) in [6.07, 6.45) is -7.28. The minimum absolute atomic E-state index is 0.0299. The standard InChI is InChI=1S/C34H37NO14/c1-17-9-10-20(36)28-26(17)33-13-14-35(3)18(2)34(33,45)12-11-22(29(33)49-28)46-31(43)21(37)15-25(40)48-27(19-7-5-4-6-8-19)32(44)47-23(30(41)42)16-24(38)39/h4-11,18,21,23,27,29,36-37,45H,12-16H2,1-3H3,(H,38,39)(H,41,42)/t18-,21+,23+,27+,29+,33+,34-/m1/s1. The van der Waals surface area contributed by atoms with Crippen LogP contribution in [0.5, 0.6) is 11.5 Å². The fourth-order valence-corrected chi connectivity index (χ4v) is 7.03. The summed E-state index contributed by atoms with van der Waals surface area (Å²) in [5, 5.41) is 52.0. The second kappa shape index (κ2) is 13.5. The smallest absolute Gasteiger partial charge is 0.353 e. The van der Waals surface area contributed by atoms with E-state index in [2.05, 4.69) is 0 Å². The van der Waals surface area contributed by atoms with Gasteiger partial charge in [-0.3, -0.25) is 9.59 Å². The van der Waals surface area contributed by atoms with E-state index in [1.165, 1.54) is 36.4 Å². The number of hydrogen-bond donors (Lipinski definition) is 5. The lowest BCUT2D eigenvalue weighted by Crippen LogP contribution is -2.71. The van der Waals surface area contributed by atoms with Crippen molar-refractivity contribution in [2.75, 3.05) is 13.6 Å². The molecule has 2 aromatic carbocycles. The summed E-state index contributed by atoms with van der Waals surface area (Å²) in [6.45, 7) is 4.25. The van der Waals surface area contributed by atoms with Crippen molar-refractivity contribution in [3.8, 4) is 11.5 Å². The number of phenolic OH excluding ortho intramolecular Hbond substituents is 1. The zero-order valence-electron chi connectivity index (χ0n) is 26.9. The number of fused-ring (bicyclic) bond motifs is 1. The van der Waals surface area contributed by atoms with Gasteiger partial charge in [0.25, 0.3) is 0 Å². The van der Waals surface area contributed by atoms with E-state index in [1.807, 2.05) is 25.8 Å². The Kier molecular flexibility index (Phi) is 9.72. The van der Waals surface area contributed by atoms with Crippen LogP contribution >= 0.6 is 0 Å². The van der Waals surface area contributed by atoms with Gasteiger partial charge in [0.15, 0.2) is 23.7 Å². The van der Waals surface area contributed by atoms with Crippen molar-refractivity contribution in [1.29, 1.82) is 0 Å². The number of aliphatic carboxylic acids is 2. The molecule has 0 saturated carbocycles. The van der Waals surface area contributed by atoms with Gasteiger partial charge in [0, 0.05) is 23.6 Å². The Labute approximate surface area is 280 Å². The number of ether oxygens (including phenoxy) is 4. The van der Waals surface area contributed by atoms with Gasteiger partial charge in [0.2, 0.25) is 12.2 Å². The minimum atomic E-state index is -2.10. The molecule has 1 spiro atoms. The molecule has 5 N–H and O–H groups in total. The van der Waals surface area contributed by atoms with Gasteiger partial charge in [-0.15, -0.1) is 0 Å². The average Bonchev–Trinajstić information content (AvgIpc) is 3.42. The van der Waals surface area contributed by atoms with Crippen LogP contribution in [-0.4, -0.2) is 104 Å². The summed E-state index contributed by atoms with van der Waals surface area (Å²) in [5.74, 6) is -7.25. The number of carboxylic acids is 2. The highest BCUT2D eigenvalue weighted by Crippen LogP contribution is 2.62. The molecule has 5 rings (SSSR count). The zero-order valence-corrected chi connectivity index (χ0v) is 26.9. The Morgan fingerprint density at radius 2 is 1.71 bits per heavy atom. The molecule has 15 heteroatoms. The van der Waals surface area contributed by atoms with E-state index in [-0.39, 0.29) is 35.3 Å². The summed E-state index contributed by atoms with van der Waals surface area (Å²) in [4.78, 5) is 63.6. The van der Waals surface area contributed by atoms with Crippen molar-refractivity contribution in [3.63, 3.8) is 0 Å². The normalized spacial score (nSPS) is 25.9. The first-order valence-corrected chi connectivity index (χ1v) is 15.5. The van der Waals surface area contributed by atoms with Crippen LogP contribution in [0.1, 0.15) is 55.4 Å². The molecule has 0 amide bonds. The topological polar surface area (TPSA) is 227 Å². The minimum Gasteiger partial charge on any atom is -0.504 e. The average molecular weight is 684 g/mol. The quantitative estimate of drug-likeness (QED) is 0.167. The van der Waals surface area contributed by atoms with Gasteiger partial charge in [-0.25, -0.2) is 14.4 Å². The van der Waals surface area contributed by atoms with Crippen LogP contribution in [-0.2, 0) is 43.6 Å². The number of aliphatic hydroxyl groups excluding tert-OH is 1. The first-order valence-electron chi connectivity index (χ1n) is 15.5. The van der Waals surface area contributed by atoms with Crippen molar-refractivity contribution < 1.29 is 68.5 Å². The molecule has 0 aromatic heterocycles. The molecule has 49 heavy (non-hydrogen) atoms. The Hall–Kier alpha value is -4.99. The lowest BCUT2D eigenvalue weighted by Gasteiger charge is -2.58. The van der Waals surface area contributed by atoms with E-state index in [4.69, 9.17) is 24.1 Å². The van der Waals surface area contributed by atoms with Crippen molar-refractivity contribution in [2.45, 2.75) is 81.0 Å². The molecule has 1 fully saturated rings. The summed E-state index contributed by atoms with van der Waals surface area (Å²) in [5.41, 5.74) is -1.14. The van der Waals surface area contributed by atoms with Gasteiger partial charge >= 0.3 is 29.8 Å². The number of carbonyl (C=O) groups is 5. The molecule has 2 aliphatic heterocycles. The van der Waals surface area contributed by atoms with Crippen molar-refractivity contribution in [3.05, 3.63) is 71.0 Å². The van der Waals surface area contributed by atoms with E-state index < -0.39 is 78.1 Å². The third-order valence-electron chi connectivity index (χ3n) is 9.64. The molecule has 0 radical (unpaired) electrons. The van der Waals surface area contributed by atoms with E-state index in [9.17, 15) is 44.4 Å². The molecule has 1 aliphatic carbocycles. The molecule has 1 saturated heterocycles. The highest BCUT2D eigenvalue weighted by Gasteiger charge is 2.69. The van der Waals surface area contributed by atoms with Gasteiger partial charge in [-0.1, -0.05) is 36.4 Å². The van der Waals surface area contributed by atoms with Crippen LogP contribution in [0.4, 0.5) is 0 Å². The first-order chi connectivity index (χ1) is 23.1. The van der Waals surface area contributed by atoms with Crippen LogP contribution in [0, 0.1) is 6.92 Å². The summed E-state index contributed by atoms with van der Waals surface area (Å²) in [6, 6.07) is 10.1. The SMILES string of the molecule is Cc1ccc(O)c2c1[C@]13CCN(C)[C@H](C)[C@]1(O)CC=C(OC(=O)[C@@H](O)CC(=O)O[C@H](C(=O)O[C@@H](CC(=O)O)C(=O)O)c1ccccc1)[C@@H]3O2. The number of benzene rings is 2. The van der Waals surface area contributed by atoms with Crippen LogP contribution in [0.25, 0.3) is 0 Å². The van der Waals surface area contributed by atoms with E-state index in [0.717, 1.165) is 5.56 Å². The van der Waals surface area contributed by atoms with Crippen molar-refractivity contribution in [1.82, 2.24) is 4.90 Å². The monoisotopic (exact) mass is 683 g/mol. The second-order valence-electron chi connectivity index (χ2n) is 12.5. The lowest BCUT2D eigenvalue weighted by molar-refractivity contribution is -0.180. The summed E-state index contributed by atoms with van der Waals surface area (Å²) >= 11 is 0. The molecule has 7 atom stereocenters. The Morgan fingerprint density at radius 1 is 1.02 bits per heavy atom. The second-order valence-corrected chi connectivity index (χ2v) is 12.5. The van der Waals surface area contributed by atoms with Gasteiger partial charge < -0.3 is 49.4 Å². The van der Waals surface area contributed by atoms with Crippen molar-refractivity contribution >= 4 is 29.8 Å². The maximum Gasteiger partial charge on any atom is 0.353 e. The number of esters is 3. The van der Waals surface area contributed by atoms with E-state index >= 15 is 0 Å². The van der Waals surface area contributed by atoms with Gasteiger partial charge in [0.1, 0.15) is 5.76 Å². The number of rotatable bonds is 11. The number of aromatic hydroxyl groups is 1. The largest absolute Gasteiger partial charge is 0.504 e. The number of carbonyl (C=O) groups excluding carboxylic acids is 3. The van der Waals surface area contributed by atoms with E-state index in [0.29, 0.717) is 18.5 Å². The van der Waals surface area contributed by atoms with Crippen LogP contribution in [0.2, 0.25) is 0 Å². The number of piperidine rings is 1. The zero-order chi connectivity index (χ0) is 35.8. The van der Waals surface area contributed by atoms with Gasteiger partial charge in [-0.05, 0) is 51.6 Å². The molecule has 2 aromatic rings. The van der Waals surface area contributed by atoms with Crippen molar-refractivity contribution in [2.24, 2.45) is 0 Å². The maximum absolute atomic E-state index is 13.2. The number of hydrogen-bond acceptors (Lipinski definition) is 13. The fourth-order valence-electron chi connectivity index (χ4n) is 7.03. The number of aliphatic hydroxyl groups is 2. The number of likely N-dealkylation sites (tertiary alicyclic amines) is 1. The molecule has 2 heterocycles. The molecule has 262 valence electrons. The Morgan fingerprint density at radius 3 is 2.37 bits per heavy atom. The number of carboxylic acid groups (broad SMARTS) is 2. The fraction of sp³-hybridized carbons (Fsp3) is 0.441. The molecular weight excluding hydrogens is 646 g/mol. The first kappa shape index (κ1) is 35.3. The van der Waals surface area contributed by atoms with Crippen LogP contribution in [0.3, 0.4) is 0 Å². The predicted molar refractivity (Wildman–Crippen MR) is 165 cm³/mol. The van der Waals surface area contributed by atoms with Gasteiger partial charge in [-0.2, -0.15) is 0 Å². The third-order valence-corrected chi connectivity index (χ3v) is 9.64. The highest BCUT2D eigenvalue weighted by molar-refractivity contribution is 5.87. The predicted octanol–water partition coefficient (Wildman–Crippen LogP) is 1.49. The molecule has 3 aliphatic rings. The number of nitrogens with zero attached hydrogens (tertiary/aromatic N) is 1. The van der Waals surface area contributed by atoms with Gasteiger partial charge in [0.05, 0.1) is 23.9 Å². The number of phenols is 1. The maximum atomic E-state index is 13.2. The molecule has 0 bridgehead atoms. The van der Waals surface area contributed by atoms with Crippen LogP contribution < -0.4 is 4.74 Å². The van der Waals surface area contributed by atoms with Crippen LogP contribution in [0.15, 0.2) is 54.3 Å².